The second kappa shape index (κ2) is 3.57. The van der Waals surface area contributed by atoms with Crippen molar-refractivity contribution in [2.24, 2.45) is 5.92 Å². The van der Waals surface area contributed by atoms with Gasteiger partial charge in [-0.25, -0.2) is 0 Å². The summed E-state index contributed by atoms with van der Waals surface area (Å²) >= 11 is 0. The standard InChI is InChI=1S/C12H17N3/c1-8(2)9(3)15-7-11(13)10-6-14-5-4-12(10)15/h4-9H,13H2,1-3H3. The zero-order chi connectivity index (χ0) is 11.0. The van der Waals surface area contributed by atoms with E-state index in [1.54, 1.807) is 0 Å². The van der Waals surface area contributed by atoms with Crippen LogP contribution in [-0.2, 0) is 0 Å². The molecular formula is C12H17N3. The van der Waals surface area contributed by atoms with Gasteiger partial charge in [-0.05, 0) is 18.9 Å². The van der Waals surface area contributed by atoms with Gasteiger partial charge < -0.3 is 10.3 Å². The highest BCUT2D eigenvalue weighted by Crippen LogP contribution is 2.28. The Balaban J connectivity index is 2.62. The van der Waals surface area contributed by atoms with E-state index in [2.05, 4.69) is 30.3 Å². The summed E-state index contributed by atoms with van der Waals surface area (Å²) in [6, 6.07) is 2.47. The van der Waals surface area contributed by atoms with Crippen molar-refractivity contribution in [3.63, 3.8) is 0 Å². The molecule has 0 spiro atoms. The Morgan fingerprint density at radius 1 is 1.33 bits per heavy atom. The molecule has 0 aliphatic heterocycles. The number of rotatable bonds is 2. The molecule has 2 N–H and O–H groups in total. The number of aromatic nitrogens is 2. The van der Waals surface area contributed by atoms with Crippen LogP contribution in [0.5, 0.6) is 0 Å². The highest BCUT2D eigenvalue weighted by atomic mass is 15.0. The monoisotopic (exact) mass is 203 g/mol. The van der Waals surface area contributed by atoms with Crippen molar-refractivity contribution in [2.75, 3.05) is 5.73 Å². The SMILES string of the molecule is CC(C)C(C)n1cc(N)c2cnccc21. The molecule has 0 aliphatic rings. The third-order valence-corrected chi connectivity index (χ3v) is 3.07. The molecule has 2 aromatic rings. The Hall–Kier alpha value is -1.51. The van der Waals surface area contributed by atoms with Gasteiger partial charge in [0.15, 0.2) is 0 Å². The summed E-state index contributed by atoms with van der Waals surface area (Å²) in [5.74, 6) is 0.591. The minimum Gasteiger partial charge on any atom is -0.397 e. The molecule has 80 valence electrons. The van der Waals surface area contributed by atoms with E-state index in [9.17, 15) is 0 Å². The fourth-order valence-electron chi connectivity index (χ4n) is 1.78. The number of pyridine rings is 1. The van der Waals surface area contributed by atoms with Crippen LogP contribution in [0.1, 0.15) is 26.8 Å². The molecule has 0 fully saturated rings. The van der Waals surface area contributed by atoms with Crippen LogP contribution in [0.3, 0.4) is 0 Å². The maximum Gasteiger partial charge on any atom is 0.0589 e. The Morgan fingerprint density at radius 2 is 2.07 bits per heavy atom. The van der Waals surface area contributed by atoms with E-state index in [0.717, 1.165) is 11.1 Å². The van der Waals surface area contributed by atoms with Crippen LogP contribution >= 0.6 is 0 Å². The van der Waals surface area contributed by atoms with Crippen molar-refractivity contribution in [3.05, 3.63) is 24.7 Å². The molecular weight excluding hydrogens is 186 g/mol. The Kier molecular flexibility index (Phi) is 2.39. The van der Waals surface area contributed by atoms with Gasteiger partial charge in [0.25, 0.3) is 0 Å². The predicted octanol–water partition coefficient (Wildman–Crippen LogP) is 2.84. The number of anilines is 1. The van der Waals surface area contributed by atoms with E-state index in [1.165, 1.54) is 5.52 Å². The Morgan fingerprint density at radius 3 is 2.73 bits per heavy atom. The molecule has 3 heteroatoms. The van der Waals surface area contributed by atoms with Crippen molar-refractivity contribution < 1.29 is 0 Å². The summed E-state index contributed by atoms with van der Waals surface area (Å²) in [6.45, 7) is 6.64. The van der Waals surface area contributed by atoms with Gasteiger partial charge in [-0.2, -0.15) is 0 Å². The minimum atomic E-state index is 0.451. The first-order valence-corrected chi connectivity index (χ1v) is 5.31. The van der Waals surface area contributed by atoms with Gasteiger partial charge in [-0.1, -0.05) is 13.8 Å². The van der Waals surface area contributed by atoms with Crippen molar-refractivity contribution in [2.45, 2.75) is 26.8 Å². The Bertz CT molecular complexity index is 471. The van der Waals surface area contributed by atoms with E-state index in [-0.39, 0.29) is 0 Å². The highest BCUT2D eigenvalue weighted by molar-refractivity contribution is 5.91. The van der Waals surface area contributed by atoms with Gasteiger partial charge in [0.2, 0.25) is 0 Å². The molecule has 0 radical (unpaired) electrons. The number of nitrogens with two attached hydrogens (primary N) is 1. The quantitative estimate of drug-likeness (QED) is 0.815. The van der Waals surface area contributed by atoms with Crippen LogP contribution in [-0.4, -0.2) is 9.55 Å². The molecule has 0 aromatic carbocycles. The van der Waals surface area contributed by atoms with Gasteiger partial charge >= 0.3 is 0 Å². The van der Waals surface area contributed by atoms with Gasteiger partial charge in [0, 0.05) is 30.0 Å². The molecule has 0 amide bonds. The summed E-state index contributed by atoms with van der Waals surface area (Å²) in [5, 5.41) is 1.05. The van der Waals surface area contributed by atoms with Crippen molar-refractivity contribution in [1.29, 1.82) is 0 Å². The first-order chi connectivity index (χ1) is 7.11. The lowest BCUT2D eigenvalue weighted by molar-refractivity contribution is 0.419. The molecule has 0 aliphatic carbocycles. The lowest BCUT2D eigenvalue weighted by atomic mass is 10.1. The topological polar surface area (TPSA) is 43.8 Å². The zero-order valence-corrected chi connectivity index (χ0v) is 9.44. The van der Waals surface area contributed by atoms with Crippen molar-refractivity contribution in [3.8, 4) is 0 Å². The van der Waals surface area contributed by atoms with E-state index in [4.69, 9.17) is 5.73 Å². The summed E-state index contributed by atoms with van der Waals surface area (Å²) in [7, 11) is 0. The molecule has 15 heavy (non-hydrogen) atoms. The highest BCUT2D eigenvalue weighted by Gasteiger charge is 2.13. The summed E-state index contributed by atoms with van der Waals surface area (Å²) in [6.07, 6.45) is 5.65. The third-order valence-electron chi connectivity index (χ3n) is 3.07. The van der Waals surface area contributed by atoms with Crippen LogP contribution < -0.4 is 5.73 Å². The zero-order valence-electron chi connectivity index (χ0n) is 9.44. The second-order valence-corrected chi connectivity index (χ2v) is 4.37. The van der Waals surface area contributed by atoms with Crippen LogP contribution in [0.15, 0.2) is 24.7 Å². The average molecular weight is 203 g/mol. The van der Waals surface area contributed by atoms with Gasteiger partial charge in [0.05, 0.1) is 11.2 Å². The molecule has 2 heterocycles. The fourth-order valence-corrected chi connectivity index (χ4v) is 1.78. The van der Waals surface area contributed by atoms with E-state index in [0.29, 0.717) is 12.0 Å². The van der Waals surface area contributed by atoms with Crippen LogP contribution in [0.25, 0.3) is 10.9 Å². The number of hydrogen-bond acceptors (Lipinski definition) is 2. The van der Waals surface area contributed by atoms with Crippen molar-refractivity contribution in [1.82, 2.24) is 9.55 Å². The number of nitrogen functional groups attached to an aromatic ring is 1. The maximum atomic E-state index is 5.95. The fraction of sp³-hybridized carbons (Fsp3) is 0.417. The Labute approximate surface area is 89.9 Å². The first kappa shape index (κ1) is 10.0. The van der Waals surface area contributed by atoms with Crippen LogP contribution in [0, 0.1) is 5.92 Å². The minimum absolute atomic E-state index is 0.451. The lowest BCUT2D eigenvalue weighted by Crippen LogP contribution is -2.10. The summed E-state index contributed by atoms with van der Waals surface area (Å²) in [5.41, 5.74) is 7.93. The van der Waals surface area contributed by atoms with Crippen LogP contribution in [0.2, 0.25) is 0 Å². The number of hydrogen-bond donors (Lipinski definition) is 1. The van der Waals surface area contributed by atoms with Gasteiger partial charge in [0.1, 0.15) is 0 Å². The first-order valence-electron chi connectivity index (χ1n) is 5.31. The number of fused-ring (bicyclic) bond motifs is 1. The molecule has 0 saturated heterocycles. The lowest BCUT2D eigenvalue weighted by Gasteiger charge is -2.18. The number of nitrogens with zero attached hydrogens (tertiary/aromatic N) is 2. The van der Waals surface area contributed by atoms with Gasteiger partial charge in [-0.3, -0.25) is 4.98 Å². The van der Waals surface area contributed by atoms with E-state index < -0.39 is 0 Å². The largest absolute Gasteiger partial charge is 0.397 e. The van der Waals surface area contributed by atoms with Crippen molar-refractivity contribution >= 4 is 16.6 Å². The van der Waals surface area contributed by atoms with E-state index in [1.807, 2.05) is 24.7 Å². The normalized spacial score (nSPS) is 13.6. The molecule has 0 saturated carbocycles. The molecule has 0 bridgehead atoms. The second-order valence-electron chi connectivity index (χ2n) is 4.37. The smallest absolute Gasteiger partial charge is 0.0589 e. The van der Waals surface area contributed by atoms with Gasteiger partial charge in [-0.15, -0.1) is 0 Å². The average Bonchev–Trinajstić information content (AvgIpc) is 2.56. The summed E-state index contributed by atoms with van der Waals surface area (Å²) in [4.78, 5) is 4.10. The molecule has 1 unspecified atom stereocenters. The molecule has 2 aromatic heterocycles. The molecule has 2 rings (SSSR count). The summed E-state index contributed by atoms with van der Waals surface area (Å²) < 4.78 is 2.23. The predicted molar refractivity (Wildman–Crippen MR) is 63.7 cm³/mol. The molecule has 3 nitrogen and oxygen atoms in total. The third kappa shape index (κ3) is 1.58. The molecule has 1 atom stereocenters. The van der Waals surface area contributed by atoms with Crippen LogP contribution in [0.4, 0.5) is 5.69 Å². The maximum absolute atomic E-state index is 5.95. The van der Waals surface area contributed by atoms with E-state index >= 15 is 0 Å².